The van der Waals surface area contributed by atoms with Crippen molar-refractivity contribution in [2.45, 2.75) is 52.0 Å². The maximum atomic E-state index is 13.7. The number of carbonyl (C=O) groups is 2. The predicted molar refractivity (Wildman–Crippen MR) is 191 cm³/mol. The van der Waals surface area contributed by atoms with Gasteiger partial charge in [0.1, 0.15) is 11.6 Å². The predicted octanol–water partition coefficient (Wildman–Crippen LogP) is 6.15. The molecule has 13 heteroatoms. The van der Waals surface area contributed by atoms with Gasteiger partial charge in [-0.25, -0.2) is 18.4 Å². The fourth-order valence-corrected chi connectivity index (χ4v) is 7.09. The Kier molecular flexibility index (Phi) is 9.70. The third-order valence-electron chi connectivity index (χ3n) is 9.84. The fraction of sp³-hybridized carbons (Fsp3) is 0.395. The van der Waals surface area contributed by atoms with Gasteiger partial charge >= 0.3 is 0 Å². The second-order valence-corrected chi connectivity index (χ2v) is 13.5. The van der Waals surface area contributed by atoms with E-state index in [2.05, 4.69) is 30.9 Å². The smallest absolute Gasteiger partial charge is 0.258 e. The number of rotatable bonds is 5. The summed E-state index contributed by atoms with van der Waals surface area (Å²) in [6.07, 6.45) is 6.13. The number of hydrogen-bond acceptors (Lipinski definition) is 7. The molecule has 0 aliphatic carbocycles. The molecule has 2 aromatic carbocycles. The summed E-state index contributed by atoms with van der Waals surface area (Å²) in [6.45, 7) is 4.87. The van der Waals surface area contributed by atoms with Crippen LogP contribution in [0.2, 0.25) is 0 Å². The molecule has 0 unspecified atom stereocenters. The monoisotopic (exact) mass is 696 g/mol. The minimum Gasteiger partial charge on any atom is -0.477 e. The number of amides is 2. The number of imidazole rings is 1. The zero-order valence-corrected chi connectivity index (χ0v) is 29.2. The summed E-state index contributed by atoms with van der Waals surface area (Å²) in [5, 5.41) is 7.45. The highest BCUT2D eigenvalue weighted by molar-refractivity contribution is 6.05. The van der Waals surface area contributed by atoms with Crippen molar-refractivity contribution in [2.24, 2.45) is 13.0 Å². The molecule has 266 valence electrons. The van der Waals surface area contributed by atoms with E-state index < -0.39 is 11.6 Å². The van der Waals surface area contributed by atoms with Gasteiger partial charge in [-0.2, -0.15) is 5.10 Å². The highest BCUT2D eigenvalue weighted by Gasteiger charge is 2.28. The van der Waals surface area contributed by atoms with E-state index in [9.17, 15) is 18.4 Å². The van der Waals surface area contributed by atoms with E-state index in [0.29, 0.717) is 86.4 Å². The zero-order chi connectivity index (χ0) is 35.6. The number of aromatic nitrogens is 5. The summed E-state index contributed by atoms with van der Waals surface area (Å²) in [5.41, 5.74) is 5.81. The second-order valence-electron chi connectivity index (χ2n) is 13.5. The molecule has 51 heavy (non-hydrogen) atoms. The Morgan fingerprint density at radius 1 is 1.00 bits per heavy atom. The first-order chi connectivity index (χ1) is 24.6. The lowest BCUT2D eigenvalue weighted by Crippen LogP contribution is -2.41. The van der Waals surface area contributed by atoms with Crippen molar-refractivity contribution in [1.29, 1.82) is 0 Å². The molecule has 5 heterocycles. The number of anilines is 2. The number of carbonyl (C=O) groups excluding carboxylic acids is 2. The molecular weight excluding hydrogens is 654 g/mol. The number of nitrogens with zero attached hydrogens (tertiary/aromatic N) is 7. The van der Waals surface area contributed by atoms with Crippen LogP contribution in [0.3, 0.4) is 0 Å². The van der Waals surface area contributed by atoms with E-state index in [0.717, 1.165) is 47.6 Å². The highest BCUT2D eigenvalue weighted by Crippen LogP contribution is 2.32. The van der Waals surface area contributed by atoms with E-state index in [1.807, 2.05) is 26.1 Å². The van der Waals surface area contributed by atoms with Crippen molar-refractivity contribution in [3.8, 4) is 17.1 Å². The molecule has 11 nitrogen and oxygen atoms in total. The van der Waals surface area contributed by atoms with Gasteiger partial charge in [0.05, 0.1) is 35.1 Å². The molecule has 7 rings (SSSR count). The van der Waals surface area contributed by atoms with Gasteiger partial charge in [0.25, 0.3) is 5.91 Å². The SMILES string of the molecule is Cc1cc2cc(n1)-c1cnn(C)c1OCCCCCn1c(nc3ccc(N4CCC(C(=O)N(C)CCc5cc(F)cc(F)c5)CC4)cc31)NC2=O. The molecule has 0 spiro atoms. The van der Waals surface area contributed by atoms with Crippen LogP contribution in [0, 0.1) is 24.5 Å². The van der Waals surface area contributed by atoms with Crippen LogP contribution in [0.5, 0.6) is 5.88 Å². The Hall–Kier alpha value is -5.33. The molecule has 0 radical (unpaired) electrons. The van der Waals surface area contributed by atoms with Crippen molar-refractivity contribution in [3.05, 3.63) is 83.2 Å². The van der Waals surface area contributed by atoms with Crippen molar-refractivity contribution in [2.75, 3.05) is 43.5 Å². The topological polar surface area (TPSA) is 110 Å². The van der Waals surface area contributed by atoms with Gasteiger partial charge < -0.3 is 19.1 Å². The van der Waals surface area contributed by atoms with Gasteiger partial charge in [0.2, 0.25) is 17.7 Å². The molecule has 0 atom stereocenters. The van der Waals surface area contributed by atoms with Crippen LogP contribution >= 0.6 is 0 Å². The van der Waals surface area contributed by atoms with Crippen LogP contribution in [0.4, 0.5) is 20.4 Å². The van der Waals surface area contributed by atoms with E-state index in [-0.39, 0.29) is 17.7 Å². The number of benzene rings is 2. The Balaban J connectivity index is 1.07. The first-order valence-electron chi connectivity index (χ1n) is 17.5. The van der Waals surface area contributed by atoms with Crippen molar-refractivity contribution >= 4 is 34.5 Å². The molecule has 2 amide bonds. The fourth-order valence-electron chi connectivity index (χ4n) is 7.09. The molecular formula is C38H42F2N8O3. The largest absolute Gasteiger partial charge is 0.477 e. The van der Waals surface area contributed by atoms with Crippen LogP contribution in [-0.4, -0.2) is 74.3 Å². The van der Waals surface area contributed by atoms with Crippen LogP contribution < -0.4 is 15.0 Å². The number of pyridine rings is 1. The van der Waals surface area contributed by atoms with Gasteiger partial charge in [-0.1, -0.05) is 0 Å². The van der Waals surface area contributed by atoms with Crippen LogP contribution in [0.25, 0.3) is 22.3 Å². The lowest BCUT2D eigenvalue weighted by molar-refractivity contribution is -0.134. The number of hydrogen-bond donors (Lipinski definition) is 1. The van der Waals surface area contributed by atoms with Crippen LogP contribution in [-0.2, 0) is 24.8 Å². The third-order valence-corrected chi connectivity index (χ3v) is 9.84. The summed E-state index contributed by atoms with van der Waals surface area (Å²) in [4.78, 5) is 40.5. The minimum atomic E-state index is -0.613. The third kappa shape index (κ3) is 7.42. The molecule has 5 aromatic rings. The molecule has 1 fully saturated rings. The van der Waals surface area contributed by atoms with Gasteiger partial charge in [0, 0.05) is 69.2 Å². The van der Waals surface area contributed by atoms with E-state index in [1.165, 1.54) is 12.1 Å². The molecule has 1 saturated heterocycles. The number of piperidine rings is 1. The summed E-state index contributed by atoms with van der Waals surface area (Å²) >= 11 is 0. The Labute approximate surface area is 295 Å². The summed E-state index contributed by atoms with van der Waals surface area (Å²) in [5.74, 6) is -0.453. The first-order valence-corrected chi connectivity index (χ1v) is 17.5. The second kappa shape index (κ2) is 14.5. The van der Waals surface area contributed by atoms with Gasteiger partial charge in [-0.05, 0) is 93.5 Å². The maximum absolute atomic E-state index is 13.7. The number of likely N-dealkylation sites (N-methyl/N-ethyl adjacent to an activating group) is 1. The minimum absolute atomic E-state index is 0.0539. The summed E-state index contributed by atoms with van der Waals surface area (Å²) in [6, 6.07) is 13.1. The quantitative estimate of drug-likeness (QED) is 0.235. The highest BCUT2D eigenvalue weighted by atomic mass is 19.1. The lowest BCUT2D eigenvalue weighted by Gasteiger charge is -2.34. The Bertz CT molecular complexity index is 2060. The average molecular weight is 697 g/mol. The number of ether oxygens (including phenoxy) is 1. The zero-order valence-electron chi connectivity index (χ0n) is 29.2. The maximum Gasteiger partial charge on any atom is 0.258 e. The molecule has 3 aromatic heterocycles. The Morgan fingerprint density at radius 3 is 2.57 bits per heavy atom. The molecule has 1 N–H and O–H groups in total. The van der Waals surface area contributed by atoms with Crippen LogP contribution in [0.15, 0.2) is 54.7 Å². The van der Waals surface area contributed by atoms with Gasteiger partial charge in [-0.3, -0.25) is 19.9 Å². The number of nitrogens with one attached hydrogen (secondary N) is 1. The number of halogens is 2. The molecule has 0 saturated carbocycles. The van der Waals surface area contributed by atoms with E-state index in [4.69, 9.17) is 9.72 Å². The number of fused-ring (bicyclic) bond motifs is 7. The van der Waals surface area contributed by atoms with Crippen molar-refractivity contribution in [1.82, 2.24) is 29.2 Å². The van der Waals surface area contributed by atoms with Gasteiger partial charge in [0.15, 0.2) is 0 Å². The van der Waals surface area contributed by atoms with Crippen molar-refractivity contribution in [3.63, 3.8) is 0 Å². The molecule has 2 aliphatic rings. The molecule has 2 bridgehead atoms. The summed E-state index contributed by atoms with van der Waals surface area (Å²) < 4.78 is 37.2. The summed E-state index contributed by atoms with van der Waals surface area (Å²) in [7, 11) is 3.58. The number of aryl methyl sites for hydroxylation is 3. The lowest BCUT2D eigenvalue weighted by atomic mass is 9.94. The van der Waals surface area contributed by atoms with Crippen LogP contribution in [0.1, 0.15) is 53.7 Å². The first kappa shape index (κ1) is 34.1. The van der Waals surface area contributed by atoms with E-state index >= 15 is 0 Å². The Morgan fingerprint density at radius 2 is 1.78 bits per heavy atom. The normalized spacial score (nSPS) is 15.7. The average Bonchev–Trinajstić information content (AvgIpc) is 3.65. The van der Waals surface area contributed by atoms with E-state index in [1.54, 1.807) is 35.0 Å². The van der Waals surface area contributed by atoms with Gasteiger partial charge in [-0.15, -0.1) is 0 Å². The standard InChI is InChI=1S/C38H42F2N8O3/c1-24-17-27-20-33(42-24)31-23-41-46(3)37(31)51-16-6-4-5-12-48-34-22-30(7-8-32(34)43-38(48)44-35(27)49)47-14-10-26(11-15-47)36(50)45(2)13-9-25-18-28(39)21-29(40)19-25/h7-8,17-23,26H,4-6,9-16H2,1-3H3,(H,43,44,49). The van der Waals surface area contributed by atoms with Crippen molar-refractivity contribution < 1.29 is 23.1 Å². The molecule has 2 aliphatic heterocycles.